The standard InChI is InChI=1S/C15H22O4/c1-15(7-16)10-6-8-4-3-5-9(11(8)13(15)17)12(10)14(18)19-2/h8-12,16H,3-7H2,1-2H3/t8-,9-,10-,11+,12+,15-/m0/s1. The second-order valence-corrected chi connectivity index (χ2v) is 6.71. The van der Waals surface area contributed by atoms with Crippen LogP contribution in [0.2, 0.25) is 0 Å². The molecule has 4 rings (SSSR count). The van der Waals surface area contributed by atoms with E-state index in [1.165, 1.54) is 7.11 Å². The third kappa shape index (κ3) is 1.55. The van der Waals surface area contributed by atoms with Crippen LogP contribution in [0, 0.1) is 35.0 Å². The molecule has 0 radical (unpaired) electrons. The quantitative estimate of drug-likeness (QED) is 0.768. The van der Waals surface area contributed by atoms with Crippen LogP contribution >= 0.6 is 0 Å². The van der Waals surface area contributed by atoms with Crippen molar-refractivity contribution in [1.82, 2.24) is 0 Å². The highest BCUT2D eigenvalue weighted by molar-refractivity contribution is 5.92. The Balaban J connectivity index is 2.04. The summed E-state index contributed by atoms with van der Waals surface area (Å²) in [7, 11) is 1.42. The van der Waals surface area contributed by atoms with Crippen molar-refractivity contribution < 1.29 is 19.4 Å². The van der Waals surface area contributed by atoms with Crippen LogP contribution in [-0.4, -0.2) is 30.6 Å². The zero-order valence-electron chi connectivity index (χ0n) is 11.6. The molecule has 0 aliphatic heterocycles. The van der Waals surface area contributed by atoms with Crippen molar-refractivity contribution in [2.24, 2.45) is 35.0 Å². The Labute approximate surface area is 113 Å². The molecular weight excluding hydrogens is 244 g/mol. The third-order valence-corrected chi connectivity index (χ3v) is 6.02. The molecule has 19 heavy (non-hydrogen) atoms. The van der Waals surface area contributed by atoms with Gasteiger partial charge >= 0.3 is 5.97 Å². The van der Waals surface area contributed by atoms with Crippen molar-refractivity contribution >= 4 is 11.8 Å². The third-order valence-electron chi connectivity index (χ3n) is 6.02. The molecule has 4 heteroatoms. The van der Waals surface area contributed by atoms with Gasteiger partial charge in [-0.25, -0.2) is 0 Å². The minimum atomic E-state index is -0.742. The monoisotopic (exact) mass is 266 g/mol. The van der Waals surface area contributed by atoms with E-state index >= 15 is 0 Å². The molecule has 4 saturated carbocycles. The van der Waals surface area contributed by atoms with Crippen LogP contribution in [0.5, 0.6) is 0 Å². The van der Waals surface area contributed by atoms with Gasteiger partial charge in [0, 0.05) is 5.92 Å². The van der Waals surface area contributed by atoms with E-state index in [4.69, 9.17) is 4.74 Å². The van der Waals surface area contributed by atoms with Crippen molar-refractivity contribution in [3.8, 4) is 0 Å². The predicted molar refractivity (Wildman–Crippen MR) is 68.1 cm³/mol. The molecular formula is C15H22O4. The van der Waals surface area contributed by atoms with Gasteiger partial charge in [-0.05, 0) is 37.0 Å². The predicted octanol–water partition coefficient (Wildman–Crippen LogP) is 1.41. The maximum absolute atomic E-state index is 12.7. The molecule has 0 spiro atoms. The fraction of sp³-hybridized carbons (Fsp3) is 0.867. The highest BCUT2D eigenvalue weighted by Gasteiger charge is 2.65. The van der Waals surface area contributed by atoms with Gasteiger partial charge in [-0.2, -0.15) is 0 Å². The van der Waals surface area contributed by atoms with Gasteiger partial charge in [-0.3, -0.25) is 9.59 Å². The summed E-state index contributed by atoms with van der Waals surface area (Å²) in [6, 6.07) is 0. The van der Waals surface area contributed by atoms with E-state index in [0.717, 1.165) is 25.7 Å². The van der Waals surface area contributed by atoms with Gasteiger partial charge in [0.15, 0.2) is 0 Å². The second kappa shape index (κ2) is 4.30. The summed E-state index contributed by atoms with van der Waals surface area (Å²) in [5, 5.41) is 9.71. The van der Waals surface area contributed by atoms with Gasteiger partial charge in [-0.1, -0.05) is 13.3 Å². The van der Waals surface area contributed by atoms with E-state index < -0.39 is 5.41 Å². The molecule has 6 atom stereocenters. The van der Waals surface area contributed by atoms with Crippen molar-refractivity contribution in [2.75, 3.05) is 13.7 Å². The molecule has 4 aliphatic carbocycles. The smallest absolute Gasteiger partial charge is 0.309 e. The number of esters is 1. The van der Waals surface area contributed by atoms with Crippen molar-refractivity contribution in [3.05, 3.63) is 0 Å². The lowest BCUT2D eigenvalue weighted by molar-refractivity contribution is -0.187. The van der Waals surface area contributed by atoms with Crippen LogP contribution in [0.15, 0.2) is 0 Å². The first kappa shape index (κ1) is 13.1. The number of ether oxygens (including phenoxy) is 1. The number of aliphatic hydroxyl groups is 1. The summed E-state index contributed by atoms with van der Waals surface area (Å²) in [5.74, 6) is 0.321. The van der Waals surface area contributed by atoms with Crippen LogP contribution in [-0.2, 0) is 14.3 Å². The van der Waals surface area contributed by atoms with Crippen LogP contribution in [0.1, 0.15) is 32.6 Å². The van der Waals surface area contributed by atoms with Crippen LogP contribution in [0.4, 0.5) is 0 Å². The molecule has 0 amide bonds. The summed E-state index contributed by atoms with van der Waals surface area (Å²) in [6.07, 6.45) is 4.04. The summed E-state index contributed by atoms with van der Waals surface area (Å²) < 4.78 is 4.97. The van der Waals surface area contributed by atoms with E-state index in [9.17, 15) is 14.7 Å². The first-order valence-electron chi connectivity index (χ1n) is 7.27. The Morgan fingerprint density at radius 1 is 1.47 bits per heavy atom. The van der Waals surface area contributed by atoms with Gasteiger partial charge in [0.1, 0.15) is 5.78 Å². The largest absolute Gasteiger partial charge is 0.469 e. The average Bonchev–Trinajstić information content (AvgIpc) is 2.42. The molecule has 4 fully saturated rings. The molecule has 0 aromatic heterocycles. The minimum absolute atomic E-state index is 0.0278. The van der Waals surface area contributed by atoms with E-state index in [-0.39, 0.29) is 42.0 Å². The Bertz CT molecular complexity index is 418. The molecule has 106 valence electrons. The molecule has 0 saturated heterocycles. The topological polar surface area (TPSA) is 63.6 Å². The van der Waals surface area contributed by atoms with Crippen LogP contribution < -0.4 is 0 Å². The van der Waals surface area contributed by atoms with Gasteiger partial charge in [0.25, 0.3) is 0 Å². The maximum Gasteiger partial charge on any atom is 0.309 e. The van der Waals surface area contributed by atoms with Gasteiger partial charge in [0.05, 0.1) is 25.0 Å². The number of hydrogen-bond acceptors (Lipinski definition) is 4. The number of hydrogen-bond donors (Lipinski definition) is 1. The van der Waals surface area contributed by atoms with Crippen molar-refractivity contribution in [3.63, 3.8) is 0 Å². The lowest BCUT2D eigenvalue weighted by Gasteiger charge is -2.59. The number of carbonyl (C=O) groups excluding carboxylic acids is 2. The lowest BCUT2D eigenvalue weighted by Crippen LogP contribution is -2.64. The fourth-order valence-electron chi connectivity index (χ4n) is 5.06. The van der Waals surface area contributed by atoms with E-state index in [2.05, 4.69) is 0 Å². The average molecular weight is 266 g/mol. The maximum atomic E-state index is 12.7. The number of ketones is 1. The summed E-state index contributed by atoms with van der Waals surface area (Å²) >= 11 is 0. The molecule has 0 heterocycles. The zero-order valence-corrected chi connectivity index (χ0v) is 11.6. The number of rotatable bonds is 2. The van der Waals surface area contributed by atoms with E-state index in [1.807, 2.05) is 6.92 Å². The molecule has 1 N–H and O–H groups in total. The Morgan fingerprint density at radius 3 is 2.84 bits per heavy atom. The van der Waals surface area contributed by atoms with Crippen molar-refractivity contribution in [1.29, 1.82) is 0 Å². The molecule has 0 unspecified atom stereocenters. The normalized spacial score (nSPS) is 48.2. The number of aliphatic hydroxyl groups excluding tert-OH is 1. The summed E-state index contributed by atoms with van der Waals surface area (Å²) in [4.78, 5) is 24.8. The number of Topliss-reactive ketones (excluding diaryl/α,β-unsaturated/α-hetero) is 1. The number of fused-ring (bicyclic) bond motifs is 1. The Hall–Kier alpha value is -0.900. The van der Waals surface area contributed by atoms with Gasteiger partial charge < -0.3 is 9.84 Å². The van der Waals surface area contributed by atoms with Crippen LogP contribution in [0.3, 0.4) is 0 Å². The highest BCUT2D eigenvalue weighted by Crippen LogP contribution is 2.61. The Morgan fingerprint density at radius 2 is 2.21 bits per heavy atom. The first-order valence-corrected chi connectivity index (χ1v) is 7.27. The highest BCUT2D eigenvalue weighted by atomic mass is 16.5. The minimum Gasteiger partial charge on any atom is -0.469 e. The molecule has 0 aromatic carbocycles. The van der Waals surface area contributed by atoms with Gasteiger partial charge in [-0.15, -0.1) is 0 Å². The molecule has 4 aliphatic rings. The SMILES string of the molecule is COC(=O)[C@@H]1[C@H]2CCC[C@H]3C[C@@H]1[C@](C)(CO)C(=O)[C@H]32. The molecule has 4 bridgehead atoms. The van der Waals surface area contributed by atoms with E-state index in [1.54, 1.807) is 0 Å². The lowest BCUT2D eigenvalue weighted by atomic mass is 9.43. The Kier molecular flexibility index (Phi) is 2.97. The second-order valence-electron chi connectivity index (χ2n) is 6.71. The van der Waals surface area contributed by atoms with Crippen molar-refractivity contribution in [2.45, 2.75) is 32.6 Å². The number of carbonyl (C=O) groups is 2. The molecule has 0 aromatic rings. The number of methoxy groups -OCH3 is 1. The first-order chi connectivity index (χ1) is 9.04. The van der Waals surface area contributed by atoms with Crippen LogP contribution in [0.25, 0.3) is 0 Å². The summed E-state index contributed by atoms with van der Waals surface area (Å²) in [5.41, 5.74) is -0.742. The van der Waals surface area contributed by atoms with E-state index in [0.29, 0.717) is 5.92 Å². The molecule has 4 nitrogen and oxygen atoms in total. The zero-order chi connectivity index (χ0) is 13.8. The van der Waals surface area contributed by atoms with Gasteiger partial charge in [0.2, 0.25) is 0 Å². The fourth-order valence-corrected chi connectivity index (χ4v) is 5.06. The summed E-state index contributed by atoms with van der Waals surface area (Å²) in [6.45, 7) is 1.68.